The molecule has 0 radical (unpaired) electrons. The summed E-state index contributed by atoms with van der Waals surface area (Å²) >= 11 is 0. The van der Waals surface area contributed by atoms with Gasteiger partial charge in [-0.25, -0.2) is 0 Å². The van der Waals surface area contributed by atoms with Crippen molar-refractivity contribution in [2.75, 3.05) is 5.73 Å². The fourth-order valence-corrected chi connectivity index (χ4v) is 4.20. The summed E-state index contributed by atoms with van der Waals surface area (Å²) in [6.45, 7) is 0. The molecule has 1 aromatic heterocycles. The molecule has 0 saturated carbocycles. The van der Waals surface area contributed by atoms with Gasteiger partial charge in [0.1, 0.15) is 11.5 Å². The first-order valence-corrected chi connectivity index (χ1v) is 9.32. The highest BCUT2D eigenvalue weighted by Gasteiger charge is 2.23. The van der Waals surface area contributed by atoms with Crippen LogP contribution in [0.3, 0.4) is 0 Å². The molecule has 0 bridgehead atoms. The summed E-state index contributed by atoms with van der Waals surface area (Å²) in [4.78, 5) is 3.29. The van der Waals surface area contributed by atoms with Crippen molar-refractivity contribution in [3.05, 3.63) is 89.1 Å². The van der Waals surface area contributed by atoms with Crippen molar-refractivity contribution < 1.29 is 10.2 Å². The van der Waals surface area contributed by atoms with Gasteiger partial charge in [-0.05, 0) is 77.1 Å². The lowest BCUT2D eigenvalue weighted by Gasteiger charge is -2.24. The van der Waals surface area contributed by atoms with Crippen LogP contribution >= 0.6 is 0 Å². The van der Waals surface area contributed by atoms with Crippen LogP contribution in [0.1, 0.15) is 28.7 Å². The van der Waals surface area contributed by atoms with E-state index >= 15 is 0 Å². The van der Waals surface area contributed by atoms with Crippen molar-refractivity contribution in [2.24, 2.45) is 0 Å². The largest absolute Gasteiger partial charge is 0.508 e. The second kappa shape index (κ2) is 6.20. The van der Waals surface area contributed by atoms with Gasteiger partial charge in [-0.2, -0.15) is 0 Å². The average Bonchev–Trinajstić information content (AvgIpc) is 3.10. The minimum atomic E-state index is 0.248. The van der Waals surface area contributed by atoms with Gasteiger partial charge in [0.05, 0.1) is 0 Å². The van der Waals surface area contributed by atoms with Crippen LogP contribution in [0, 0.1) is 0 Å². The van der Waals surface area contributed by atoms with Crippen molar-refractivity contribution >= 4 is 27.7 Å². The van der Waals surface area contributed by atoms with Crippen LogP contribution in [0.5, 0.6) is 11.5 Å². The van der Waals surface area contributed by atoms with E-state index < -0.39 is 0 Å². The topological polar surface area (TPSA) is 82.3 Å². The van der Waals surface area contributed by atoms with E-state index in [0.29, 0.717) is 0 Å². The van der Waals surface area contributed by atoms with Crippen LogP contribution in [-0.2, 0) is 6.42 Å². The highest BCUT2D eigenvalue weighted by molar-refractivity contribution is 6.06. The van der Waals surface area contributed by atoms with Gasteiger partial charge in [0, 0.05) is 34.4 Å². The summed E-state index contributed by atoms with van der Waals surface area (Å²) in [5, 5.41) is 20.6. The van der Waals surface area contributed by atoms with Crippen molar-refractivity contribution in [3.63, 3.8) is 0 Å². The number of nitrogens with one attached hydrogen (secondary N) is 1. The molecule has 1 aliphatic rings. The van der Waals surface area contributed by atoms with E-state index in [4.69, 9.17) is 5.73 Å². The molecule has 0 unspecified atom stereocenters. The molecule has 0 fully saturated rings. The molecule has 0 amide bonds. The summed E-state index contributed by atoms with van der Waals surface area (Å²) in [7, 11) is 0. The van der Waals surface area contributed by atoms with E-state index in [1.54, 1.807) is 24.3 Å². The van der Waals surface area contributed by atoms with E-state index in [-0.39, 0.29) is 11.5 Å². The molecular weight excluding hydrogens is 348 g/mol. The number of hydrogen-bond donors (Lipinski definition) is 4. The zero-order valence-electron chi connectivity index (χ0n) is 15.2. The zero-order valence-corrected chi connectivity index (χ0v) is 15.2. The minimum Gasteiger partial charge on any atom is -0.508 e. The van der Waals surface area contributed by atoms with E-state index in [1.807, 2.05) is 30.5 Å². The number of benzene rings is 3. The Labute approximate surface area is 162 Å². The Hall–Kier alpha value is -3.66. The monoisotopic (exact) mass is 368 g/mol. The number of nitrogen functional groups attached to an aromatic ring is 1. The maximum atomic E-state index is 9.79. The summed E-state index contributed by atoms with van der Waals surface area (Å²) in [5.74, 6) is 0.500. The molecule has 3 aromatic carbocycles. The second-order valence-electron chi connectivity index (χ2n) is 7.25. The Kier molecular flexibility index (Phi) is 3.66. The Bertz CT molecular complexity index is 1230. The van der Waals surface area contributed by atoms with Gasteiger partial charge in [-0.3, -0.25) is 0 Å². The number of aryl methyl sites for hydroxylation is 1. The molecular formula is C24H20N2O2. The highest BCUT2D eigenvalue weighted by Crippen LogP contribution is 2.43. The van der Waals surface area contributed by atoms with Crippen LogP contribution in [0.2, 0.25) is 0 Å². The fraction of sp³-hybridized carbons (Fsp3) is 0.0833. The number of aromatic nitrogens is 1. The lowest BCUT2D eigenvalue weighted by atomic mass is 9.79. The number of phenols is 2. The van der Waals surface area contributed by atoms with Crippen LogP contribution in [0.4, 0.5) is 5.69 Å². The molecule has 4 nitrogen and oxygen atoms in total. The Morgan fingerprint density at radius 1 is 0.786 bits per heavy atom. The summed E-state index contributed by atoms with van der Waals surface area (Å²) in [5.41, 5.74) is 14.7. The van der Waals surface area contributed by atoms with Crippen LogP contribution in [0.15, 0.2) is 66.9 Å². The van der Waals surface area contributed by atoms with Gasteiger partial charge < -0.3 is 20.9 Å². The number of aromatic hydroxyl groups is 2. The maximum Gasteiger partial charge on any atom is 0.117 e. The lowest BCUT2D eigenvalue weighted by molar-refractivity contribution is 0.475. The van der Waals surface area contributed by atoms with Gasteiger partial charge in [-0.1, -0.05) is 18.2 Å². The molecule has 4 heteroatoms. The summed E-state index contributed by atoms with van der Waals surface area (Å²) in [6, 6.07) is 18.9. The minimum absolute atomic E-state index is 0.248. The van der Waals surface area contributed by atoms with Crippen molar-refractivity contribution in [3.8, 4) is 11.5 Å². The van der Waals surface area contributed by atoms with Crippen molar-refractivity contribution in [2.45, 2.75) is 12.8 Å². The van der Waals surface area contributed by atoms with Gasteiger partial charge >= 0.3 is 0 Å². The quantitative estimate of drug-likeness (QED) is 0.373. The Balaban J connectivity index is 1.81. The third-order valence-electron chi connectivity index (χ3n) is 5.49. The average molecular weight is 368 g/mol. The number of hydrogen-bond acceptors (Lipinski definition) is 3. The third-order valence-corrected chi connectivity index (χ3v) is 5.49. The third kappa shape index (κ3) is 2.62. The molecule has 28 heavy (non-hydrogen) atoms. The predicted molar refractivity (Wildman–Crippen MR) is 113 cm³/mol. The Morgan fingerprint density at radius 2 is 1.57 bits per heavy atom. The van der Waals surface area contributed by atoms with Crippen molar-refractivity contribution in [1.82, 2.24) is 4.98 Å². The molecule has 0 atom stereocenters. The van der Waals surface area contributed by atoms with Gasteiger partial charge in [0.2, 0.25) is 0 Å². The summed E-state index contributed by atoms with van der Waals surface area (Å²) < 4.78 is 0. The Morgan fingerprint density at radius 3 is 2.39 bits per heavy atom. The SMILES string of the molecule is Nc1ccc2c(c1)CCC(c1c[nH]c3cc(O)ccc13)=C2c1ccc(O)cc1. The number of aromatic amines is 1. The normalized spacial score (nSPS) is 13.7. The number of allylic oxidation sites excluding steroid dienone is 1. The molecule has 5 N–H and O–H groups in total. The zero-order chi connectivity index (χ0) is 19.3. The number of anilines is 1. The van der Waals surface area contributed by atoms with Crippen LogP contribution < -0.4 is 5.73 Å². The number of phenolic OH excluding ortho intramolecular Hbond substituents is 2. The molecule has 0 saturated heterocycles. The van der Waals surface area contributed by atoms with Crippen molar-refractivity contribution in [1.29, 1.82) is 0 Å². The number of H-pyrrole nitrogens is 1. The van der Waals surface area contributed by atoms with E-state index in [0.717, 1.165) is 46.1 Å². The predicted octanol–water partition coefficient (Wildman–Crippen LogP) is 5.07. The molecule has 4 aromatic rings. The highest BCUT2D eigenvalue weighted by atomic mass is 16.3. The first-order chi connectivity index (χ1) is 13.6. The van der Waals surface area contributed by atoms with Crippen LogP contribution in [-0.4, -0.2) is 15.2 Å². The summed E-state index contributed by atoms with van der Waals surface area (Å²) in [6.07, 6.45) is 3.82. The van der Waals surface area contributed by atoms with E-state index in [9.17, 15) is 10.2 Å². The smallest absolute Gasteiger partial charge is 0.117 e. The first-order valence-electron chi connectivity index (χ1n) is 9.32. The van der Waals surface area contributed by atoms with Gasteiger partial charge in [-0.15, -0.1) is 0 Å². The van der Waals surface area contributed by atoms with Gasteiger partial charge in [0.25, 0.3) is 0 Å². The van der Waals surface area contributed by atoms with E-state index in [2.05, 4.69) is 17.1 Å². The molecule has 1 heterocycles. The molecule has 1 aliphatic carbocycles. The molecule has 0 aliphatic heterocycles. The fourth-order valence-electron chi connectivity index (χ4n) is 4.20. The first kappa shape index (κ1) is 16.5. The van der Waals surface area contributed by atoms with E-state index in [1.165, 1.54) is 16.7 Å². The maximum absolute atomic E-state index is 9.79. The molecule has 0 spiro atoms. The lowest BCUT2D eigenvalue weighted by Crippen LogP contribution is -2.06. The number of rotatable bonds is 2. The van der Waals surface area contributed by atoms with Crippen LogP contribution in [0.25, 0.3) is 22.0 Å². The standard InChI is InChI=1S/C24H20N2O2/c25-16-4-9-19-15(11-16)3-8-21(24(19)14-1-5-17(27)6-2-14)22-13-26-23-12-18(28)7-10-20(22)23/h1-2,4-7,9-13,26-28H,3,8,25H2. The molecule has 5 rings (SSSR count). The number of fused-ring (bicyclic) bond motifs is 2. The number of nitrogens with two attached hydrogens (primary N) is 1. The van der Waals surface area contributed by atoms with Gasteiger partial charge in [0.15, 0.2) is 0 Å². The second-order valence-corrected chi connectivity index (χ2v) is 7.25. The molecule has 138 valence electrons.